The highest BCUT2D eigenvalue weighted by Crippen LogP contribution is 2.11. The van der Waals surface area contributed by atoms with E-state index in [1.165, 1.54) is 12.8 Å². The number of rotatable bonds is 5. The molecule has 0 aromatic heterocycles. The lowest BCUT2D eigenvalue weighted by molar-refractivity contribution is -0.130. The molecule has 1 rings (SSSR count). The average molecular weight is 212 g/mol. The fraction of sp³-hybridized carbons (Fsp3) is 0.917. The summed E-state index contributed by atoms with van der Waals surface area (Å²) in [6.07, 6.45) is 5.31. The molecule has 88 valence electrons. The topological polar surface area (TPSA) is 32.3 Å². The quantitative estimate of drug-likeness (QED) is 0.753. The standard InChI is InChI=1S/C12H24N2O/c1-3-13-11(2)8-10-14-9-6-4-5-7-12(14)15/h11,13H,3-10H2,1-2H3. The highest BCUT2D eigenvalue weighted by atomic mass is 16.2. The molecule has 0 spiro atoms. The van der Waals surface area contributed by atoms with Crippen LogP contribution in [0.5, 0.6) is 0 Å². The van der Waals surface area contributed by atoms with Crippen molar-refractivity contribution in [3.63, 3.8) is 0 Å². The van der Waals surface area contributed by atoms with Crippen molar-refractivity contribution < 1.29 is 4.79 Å². The second kappa shape index (κ2) is 6.83. The smallest absolute Gasteiger partial charge is 0.222 e. The zero-order valence-electron chi connectivity index (χ0n) is 10.1. The van der Waals surface area contributed by atoms with Crippen LogP contribution in [0, 0.1) is 0 Å². The Hall–Kier alpha value is -0.570. The van der Waals surface area contributed by atoms with Gasteiger partial charge in [-0.2, -0.15) is 0 Å². The van der Waals surface area contributed by atoms with Crippen LogP contribution in [-0.4, -0.2) is 36.5 Å². The summed E-state index contributed by atoms with van der Waals surface area (Å²) in [4.78, 5) is 13.7. The van der Waals surface area contributed by atoms with E-state index in [0.29, 0.717) is 11.9 Å². The molecular weight excluding hydrogens is 188 g/mol. The Balaban J connectivity index is 2.26. The molecule has 3 heteroatoms. The Kier molecular flexibility index (Phi) is 5.69. The third kappa shape index (κ3) is 4.65. The molecule has 1 fully saturated rings. The van der Waals surface area contributed by atoms with Crippen LogP contribution >= 0.6 is 0 Å². The van der Waals surface area contributed by atoms with E-state index in [2.05, 4.69) is 19.2 Å². The van der Waals surface area contributed by atoms with Crippen LogP contribution in [0.4, 0.5) is 0 Å². The maximum absolute atomic E-state index is 11.7. The average Bonchev–Trinajstić information content (AvgIpc) is 2.41. The molecule has 1 atom stereocenters. The molecule has 0 aromatic rings. The van der Waals surface area contributed by atoms with Crippen molar-refractivity contribution in [2.24, 2.45) is 0 Å². The molecule has 1 N–H and O–H groups in total. The van der Waals surface area contributed by atoms with Gasteiger partial charge in [0.25, 0.3) is 0 Å². The molecule has 1 amide bonds. The van der Waals surface area contributed by atoms with Gasteiger partial charge in [0.1, 0.15) is 0 Å². The summed E-state index contributed by atoms with van der Waals surface area (Å²) in [5, 5.41) is 3.38. The molecule has 0 bridgehead atoms. The van der Waals surface area contributed by atoms with Crippen molar-refractivity contribution in [1.29, 1.82) is 0 Å². The normalized spacial score (nSPS) is 20.1. The first-order chi connectivity index (χ1) is 7.24. The predicted octanol–water partition coefficient (Wildman–Crippen LogP) is 1.78. The van der Waals surface area contributed by atoms with Crippen LogP contribution in [0.2, 0.25) is 0 Å². The summed E-state index contributed by atoms with van der Waals surface area (Å²) in [6.45, 7) is 7.21. The van der Waals surface area contributed by atoms with Gasteiger partial charge in [0, 0.05) is 25.6 Å². The Morgan fingerprint density at radius 1 is 1.40 bits per heavy atom. The van der Waals surface area contributed by atoms with E-state index in [1.807, 2.05) is 4.90 Å². The summed E-state index contributed by atoms with van der Waals surface area (Å²) >= 11 is 0. The van der Waals surface area contributed by atoms with E-state index < -0.39 is 0 Å². The predicted molar refractivity (Wildman–Crippen MR) is 62.8 cm³/mol. The summed E-state index contributed by atoms with van der Waals surface area (Å²) in [6, 6.07) is 0.519. The van der Waals surface area contributed by atoms with Crippen LogP contribution in [0.15, 0.2) is 0 Å². The first kappa shape index (κ1) is 12.5. The number of amides is 1. The van der Waals surface area contributed by atoms with Crippen LogP contribution in [0.3, 0.4) is 0 Å². The lowest BCUT2D eigenvalue weighted by Gasteiger charge is -2.22. The lowest BCUT2D eigenvalue weighted by atomic mass is 10.2. The molecule has 3 nitrogen and oxygen atoms in total. The van der Waals surface area contributed by atoms with Gasteiger partial charge in [0.2, 0.25) is 5.91 Å². The van der Waals surface area contributed by atoms with Gasteiger partial charge in [-0.1, -0.05) is 13.3 Å². The van der Waals surface area contributed by atoms with Crippen LogP contribution in [-0.2, 0) is 4.79 Å². The highest BCUT2D eigenvalue weighted by Gasteiger charge is 2.16. The fourth-order valence-electron chi connectivity index (χ4n) is 2.07. The molecule has 0 saturated carbocycles. The molecule has 1 saturated heterocycles. The molecule has 0 aliphatic carbocycles. The first-order valence-corrected chi connectivity index (χ1v) is 6.25. The van der Waals surface area contributed by atoms with Crippen molar-refractivity contribution in [2.75, 3.05) is 19.6 Å². The Labute approximate surface area is 93.2 Å². The van der Waals surface area contributed by atoms with Gasteiger partial charge in [-0.15, -0.1) is 0 Å². The van der Waals surface area contributed by atoms with Gasteiger partial charge in [0.05, 0.1) is 0 Å². The number of nitrogens with zero attached hydrogens (tertiary/aromatic N) is 1. The second-order valence-corrected chi connectivity index (χ2v) is 4.44. The Morgan fingerprint density at radius 3 is 2.93 bits per heavy atom. The van der Waals surface area contributed by atoms with Crippen molar-refractivity contribution in [1.82, 2.24) is 10.2 Å². The number of likely N-dealkylation sites (tertiary alicyclic amines) is 1. The Bertz CT molecular complexity index is 194. The molecular formula is C12H24N2O. The van der Waals surface area contributed by atoms with E-state index >= 15 is 0 Å². The summed E-state index contributed by atoms with van der Waals surface area (Å²) in [7, 11) is 0. The maximum atomic E-state index is 11.7. The van der Waals surface area contributed by atoms with Crippen molar-refractivity contribution in [2.45, 2.75) is 52.0 Å². The van der Waals surface area contributed by atoms with E-state index in [9.17, 15) is 4.79 Å². The van der Waals surface area contributed by atoms with Crippen molar-refractivity contribution in [3.8, 4) is 0 Å². The van der Waals surface area contributed by atoms with E-state index in [0.717, 1.165) is 38.9 Å². The number of hydrogen-bond donors (Lipinski definition) is 1. The van der Waals surface area contributed by atoms with Crippen LogP contribution in [0.25, 0.3) is 0 Å². The van der Waals surface area contributed by atoms with Crippen LogP contribution < -0.4 is 5.32 Å². The van der Waals surface area contributed by atoms with Crippen molar-refractivity contribution >= 4 is 5.91 Å². The van der Waals surface area contributed by atoms with Gasteiger partial charge in [0.15, 0.2) is 0 Å². The molecule has 0 radical (unpaired) electrons. The molecule has 1 aliphatic heterocycles. The summed E-state index contributed by atoms with van der Waals surface area (Å²) < 4.78 is 0. The molecule has 1 heterocycles. The SMILES string of the molecule is CCNC(C)CCN1CCCCCC1=O. The second-order valence-electron chi connectivity index (χ2n) is 4.44. The molecule has 1 aliphatic rings. The zero-order chi connectivity index (χ0) is 11.1. The largest absolute Gasteiger partial charge is 0.343 e. The summed E-state index contributed by atoms with van der Waals surface area (Å²) in [5.41, 5.74) is 0. The minimum atomic E-state index is 0.358. The number of carbonyl (C=O) groups is 1. The minimum absolute atomic E-state index is 0.358. The maximum Gasteiger partial charge on any atom is 0.222 e. The van der Waals surface area contributed by atoms with E-state index in [4.69, 9.17) is 0 Å². The fourth-order valence-corrected chi connectivity index (χ4v) is 2.07. The molecule has 1 unspecified atom stereocenters. The van der Waals surface area contributed by atoms with Gasteiger partial charge < -0.3 is 10.2 Å². The number of carbonyl (C=O) groups excluding carboxylic acids is 1. The number of nitrogens with one attached hydrogen (secondary N) is 1. The Morgan fingerprint density at radius 2 is 2.20 bits per heavy atom. The molecule has 0 aromatic carbocycles. The highest BCUT2D eigenvalue weighted by molar-refractivity contribution is 5.76. The van der Waals surface area contributed by atoms with Crippen LogP contribution in [0.1, 0.15) is 46.0 Å². The minimum Gasteiger partial charge on any atom is -0.343 e. The third-order valence-electron chi connectivity index (χ3n) is 3.06. The lowest BCUT2D eigenvalue weighted by Crippen LogP contribution is -2.35. The van der Waals surface area contributed by atoms with E-state index in [1.54, 1.807) is 0 Å². The third-order valence-corrected chi connectivity index (χ3v) is 3.06. The molecule has 15 heavy (non-hydrogen) atoms. The van der Waals surface area contributed by atoms with Gasteiger partial charge in [-0.3, -0.25) is 4.79 Å². The zero-order valence-corrected chi connectivity index (χ0v) is 10.1. The van der Waals surface area contributed by atoms with Gasteiger partial charge >= 0.3 is 0 Å². The first-order valence-electron chi connectivity index (χ1n) is 6.25. The van der Waals surface area contributed by atoms with Crippen molar-refractivity contribution in [3.05, 3.63) is 0 Å². The van der Waals surface area contributed by atoms with Gasteiger partial charge in [-0.25, -0.2) is 0 Å². The summed E-state index contributed by atoms with van der Waals surface area (Å²) in [5.74, 6) is 0.358. The van der Waals surface area contributed by atoms with Gasteiger partial charge in [-0.05, 0) is 32.7 Å². The number of hydrogen-bond acceptors (Lipinski definition) is 2. The van der Waals surface area contributed by atoms with E-state index in [-0.39, 0.29) is 0 Å². The monoisotopic (exact) mass is 212 g/mol.